The first-order valence-electron chi connectivity index (χ1n) is 4.40. The SMILES string of the molecule is CC(C)(C)OC(=O)C1CC1(N)C(=O)[O-]. The van der Waals surface area contributed by atoms with Gasteiger partial charge in [0, 0.05) is 0 Å². The van der Waals surface area contributed by atoms with E-state index in [1.54, 1.807) is 20.8 Å². The second kappa shape index (κ2) is 2.95. The molecule has 2 unspecified atom stereocenters. The van der Waals surface area contributed by atoms with E-state index in [9.17, 15) is 14.7 Å². The van der Waals surface area contributed by atoms with Gasteiger partial charge in [0.1, 0.15) is 5.60 Å². The molecule has 0 spiro atoms. The first-order chi connectivity index (χ1) is 6.17. The molecule has 0 aromatic carbocycles. The number of carbonyl (C=O) groups is 2. The molecular formula is C9H14NO4-. The van der Waals surface area contributed by atoms with Crippen molar-refractivity contribution in [1.29, 1.82) is 0 Å². The molecule has 0 radical (unpaired) electrons. The zero-order chi connectivity index (χ0) is 11.1. The normalized spacial score (nSPS) is 31.0. The highest BCUT2D eigenvalue weighted by Crippen LogP contribution is 2.42. The van der Waals surface area contributed by atoms with Gasteiger partial charge in [0.05, 0.1) is 17.4 Å². The van der Waals surface area contributed by atoms with E-state index in [-0.39, 0.29) is 6.42 Å². The lowest BCUT2D eigenvalue weighted by Gasteiger charge is -2.20. The number of nitrogens with two attached hydrogens (primary N) is 1. The van der Waals surface area contributed by atoms with Crippen LogP contribution < -0.4 is 10.8 Å². The molecule has 1 aliphatic rings. The maximum absolute atomic E-state index is 11.3. The standard InChI is InChI=1S/C9H15NO4/c1-8(2,3)14-6(11)5-4-9(5,10)7(12)13/h5H,4,10H2,1-3H3,(H,12,13)/p-1. The van der Waals surface area contributed by atoms with Gasteiger partial charge in [-0.25, -0.2) is 0 Å². The molecule has 14 heavy (non-hydrogen) atoms. The zero-order valence-corrected chi connectivity index (χ0v) is 8.49. The molecule has 0 aromatic heterocycles. The third-order valence-corrected chi connectivity index (χ3v) is 2.07. The van der Waals surface area contributed by atoms with E-state index < -0.39 is 29.0 Å². The highest BCUT2D eigenvalue weighted by Gasteiger charge is 2.58. The van der Waals surface area contributed by atoms with Crippen LogP contribution in [0.1, 0.15) is 27.2 Å². The van der Waals surface area contributed by atoms with Gasteiger partial charge < -0.3 is 20.4 Å². The Balaban J connectivity index is 2.56. The van der Waals surface area contributed by atoms with Crippen LogP contribution in [0.2, 0.25) is 0 Å². The molecule has 0 bridgehead atoms. The van der Waals surface area contributed by atoms with Crippen LogP contribution in [0.4, 0.5) is 0 Å². The molecule has 0 aromatic rings. The summed E-state index contributed by atoms with van der Waals surface area (Å²) in [6.07, 6.45) is 0.101. The summed E-state index contributed by atoms with van der Waals surface area (Å²) < 4.78 is 5.00. The molecule has 5 nitrogen and oxygen atoms in total. The number of ether oxygens (including phenoxy) is 1. The highest BCUT2D eigenvalue weighted by molar-refractivity contribution is 5.92. The molecule has 0 heterocycles. The summed E-state index contributed by atoms with van der Waals surface area (Å²) in [6.45, 7) is 5.14. The summed E-state index contributed by atoms with van der Waals surface area (Å²) >= 11 is 0. The van der Waals surface area contributed by atoms with Crippen LogP contribution in [0.15, 0.2) is 0 Å². The van der Waals surface area contributed by atoms with Crippen LogP contribution in [-0.2, 0) is 14.3 Å². The van der Waals surface area contributed by atoms with E-state index >= 15 is 0 Å². The van der Waals surface area contributed by atoms with Gasteiger partial charge in [-0.05, 0) is 27.2 Å². The minimum absolute atomic E-state index is 0.101. The van der Waals surface area contributed by atoms with Gasteiger partial charge in [-0.2, -0.15) is 0 Å². The van der Waals surface area contributed by atoms with Crippen LogP contribution in [0.3, 0.4) is 0 Å². The van der Waals surface area contributed by atoms with Crippen molar-refractivity contribution < 1.29 is 19.4 Å². The van der Waals surface area contributed by atoms with Gasteiger partial charge in [0.25, 0.3) is 0 Å². The second-order valence-electron chi connectivity index (χ2n) is 4.62. The average Bonchev–Trinajstić information content (AvgIpc) is 2.60. The fraction of sp³-hybridized carbons (Fsp3) is 0.778. The van der Waals surface area contributed by atoms with Crippen LogP contribution in [0, 0.1) is 5.92 Å². The van der Waals surface area contributed by atoms with Crippen molar-refractivity contribution in [3.8, 4) is 0 Å². The first kappa shape index (κ1) is 11.0. The number of hydrogen-bond donors (Lipinski definition) is 1. The topological polar surface area (TPSA) is 92.5 Å². The van der Waals surface area contributed by atoms with E-state index in [1.807, 2.05) is 0 Å². The fourth-order valence-corrected chi connectivity index (χ4v) is 1.17. The Morgan fingerprint density at radius 2 is 2.00 bits per heavy atom. The Labute approximate surface area is 82.2 Å². The van der Waals surface area contributed by atoms with Crippen molar-refractivity contribution in [2.75, 3.05) is 0 Å². The van der Waals surface area contributed by atoms with Crippen molar-refractivity contribution >= 4 is 11.9 Å². The van der Waals surface area contributed by atoms with Crippen molar-refractivity contribution in [1.82, 2.24) is 0 Å². The van der Waals surface area contributed by atoms with Crippen LogP contribution >= 0.6 is 0 Å². The molecule has 1 rings (SSSR count). The third kappa shape index (κ3) is 2.04. The number of carbonyl (C=O) groups excluding carboxylic acids is 2. The lowest BCUT2D eigenvalue weighted by Crippen LogP contribution is -2.47. The number of aliphatic carboxylic acids is 1. The quantitative estimate of drug-likeness (QED) is 0.565. The Bertz CT molecular complexity index is 281. The molecule has 80 valence electrons. The van der Waals surface area contributed by atoms with E-state index in [0.29, 0.717) is 0 Å². The predicted octanol–water partition coefficient (Wildman–Crippen LogP) is -1.20. The molecule has 1 fully saturated rings. The summed E-state index contributed by atoms with van der Waals surface area (Å²) in [5, 5.41) is 10.5. The number of rotatable bonds is 2. The predicted molar refractivity (Wildman–Crippen MR) is 45.9 cm³/mol. The second-order valence-corrected chi connectivity index (χ2v) is 4.62. The first-order valence-corrected chi connectivity index (χ1v) is 4.40. The maximum Gasteiger partial charge on any atom is 0.311 e. The molecule has 2 N–H and O–H groups in total. The number of carboxylic acids is 1. The monoisotopic (exact) mass is 200 g/mol. The summed E-state index contributed by atoms with van der Waals surface area (Å²) in [5.41, 5.74) is 3.26. The van der Waals surface area contributed by atoms with Gasteiger partial charge >= 0.3 is 5.97 Å². The number of hydrogen-bond acceptors (Lipinski definition) is 5. The van der Waals surface area contributed by atoms with Crippen LogP contribution in [0.5, 0.6) is 0 Å². The van der Waals surface area contributed by atoms with Crippen LogP contribution in [-0.4, -0.2) is 23.1 Å². The number of esters is 1. The molecule has 5 heteroatoms. The number of carboxylic acid groups (broad SMARTS) is 1. The van der Waals surface area contributed by atoms with Gasteiger partial charge in [-0.1, -0.05) is 0 Å². The third-order valence-electron chi connectivity index (χ3n) is 2.07. The van der Waals surface area contributed by atoms with Crippen molar-refractivity contribution in [3.05, 3.63) is 0 Å². The van der Waals surface area contributed by atoms with Gasteiger partial charge in [-0.15, -0.1) is 0 Å². The molecule has 0 aliphatic heterocycles. The van der Waals surface area contributed by atoms with Crippen molar-refractivity contribution in [2.24, 2.45) is 11.7 Å². The minimum atomic E-state index is -1.51. The summed E-state index contributed by atoms with van der Waals surface area (Å²) in [5.74, 6) is -2.72. The Morgan fingerprint density at radius 3 is 2.29 bits per heavy atom. The van der Waals surface area contributed by atoms with E-state index in [0.717, 1.165) is 0 Å². The summed E-state index contributed by atoms with van der Waals surface area (Å²) in [4.78, 5) is 21.9. The van der Waals surface area contributed by atoms with Gasteiger partial charge in [-0.3, -0.25) is 4.79 Å². The lowest BCUT2D eigenvalue weighted by molar-refractivity contribution is -0.309. The smallest absolute Gasteiger partial charge is 0.311 e. The minimum Gasteiger partial charge on any atom is -0.548 e. The molecule has 0 saturated heterocycles. The molecule has 2 atom stereocenters. The molecule has 0 amide bonds. The highest BCUT2D eigenvalue weighted by atomic mass is 16.6. The van der Waals surface area contributed by atoms with E-state index in [1.165, 1.54) is 0 Å². The lowest BCUT2D eigenvalue weighted by atomic mass is 10.2. The molecular weight excluding hydrogens is 186 g/mol. The summed E-state index contributed by atoms with van der Waals surface area (Å²) in [7, 11) is 0. The molecule has 1 saturated carbocycles. The van der Waals surface area contributed by atoms with E-state index in [2.05, 4.69) is 0 Å². The Morgan fingerprint density at radius 1 is 1.50 bits per heavy atom. The van der Waals surface area contributed by atoms with Crippen molar-refractivity contribution in [2.45, 2.75) is 38.3 Å². The van der Waals surface area contributed by atoms with Gasteiger partial charge in [0.15, 0.2) is 0 Å². The van der Waals surface area contributed by atoms with Gasteiger partial charge in [0.2, 0.25) is 0 Å². The van der Waals surface area contributed by atoms with Crippen LogP contribution in [0.25, 0.3) is 0 Å². The summed E-state index contributed by atoms with van der Waals surface area (Å²) in [6, 6.07) is 0. The largest absolute Gasteiger partial charge is 0.548 e. The fourth-order valence-electron chi connectivity index (χ4n) is 1.17. The average molecular weight is 200 g/mol. The van der Waals surface area contributed by atoms with Crippen molar-refractivity contribution in [3.63, 3.8) is 0 Å². The van der Waals surface area contributed by atoms with E-state index in [4.69, 9.17) is 10.5 Å². The molecule has 1 aliphatic carbocycles. The maximum atomic E-state index is 11.3. The Kier molecular flexibility index (Phi) is 2.31. The Hall–Kier alpha value is -1.10. The zero-order valence-electron chi connectivity index (χ0n) is 8.49.